The second-order valence-corrected chi connectivity index (χ2v) is 3.19. The fourth-order valence-corrected chi connectivity index (χ4v) is 1.36. The van der Waals surface area contributed by atoms with Crippen molar-refractivity contribution in [2.75, 3.05) is 5.73 Å². The van der Waals surface area contributed by atoms with E-state index in [1.165, 1.54) is 11.3 Å². The van der Waals surface area contributed by atoms with Crippen molar-refractivity contribution in [3.8, 4) is 0 Å². The first-order chi connectivity index (χ1) is 3.70. The lowest BCUT2D eigenvalue weighted by molar-refractivity contribution is 1.39. The van der Waals surface area contributed by atoms with Crippen molar-refractivity contribution in [1.29, 1.82) is 0 Å². The molecule has 0 amide bonds. The molecule has 4 heteroatoms. The minimum absolute atomic E-state index is 0.514. The molecule has 1 aromatic rings. The van der Waals surface area contributed by atoms with E-state index in [-0.39, 0.29) is 0 Å². The fourth-order valence-electron chi connectivity index (χ4n) is 0.375. The van der Waals surface area contributed by atoms with Crippen molar-refractivity contribution >= 4 is 28.8 Å². The summed E-state index contributed by atoms with van der Waals surface area (Å²) in [7, 11) is 0. The summed E-state index contributed by atoms with van der Waals surface area (Å²) in [6.07, 6.45) is 0. The summed E-state index contributed by atoms with van der Waals surface area (Å²) < 4.78 is 0.514. The number of rotatable bonds is 0. The number of anilines is 1. The number of halogens is 1. The minimum atomic E-state index is 0.514. The lowest BCUT2D eigenvalue weighted by atomic mass is 10.6. The molecule has 0 unspecified atom stereocenters. The van der Waals surface area contributed by atoms with Crippen molar-refractivity contribution in [3.63, 3.8) is 0 Å². The fraction of sp³-hybridized carbons (Fsp3) is 0.250. The summed E-state index contributed by atoms with van der Waals surface area (Å²) in [5.41, 5.74) is 5.36. The lowest BCUT2D eigenvalue weighted by Crippen LogP contribution is -1.84. The number of thiazole rings is 1. The summed E-state index contributed by atoms with van der Waals surface area (Å²) in [6, 6.07) is 0. The number of hydrogen-bond donors (Lipinski definition) is 1. The van der Waals surface area contributed by atoms with E-state index in [1.54, 1.807) is 0 Å². The molecule has 0 saturated carbocycles. The zero-order valence-corrected chi connectivity index (χ0v) is 5.88. The molecule has 0 aliphatic heterocycles. The number of nitrogens with two attached hydrogens (primary N) is 1. The molecule has 0 aliphatic carbocycles. The number of nitrogen functional groups attached to an aromatic ring is 1. The van der Waals surface area contributed by atoms with Gasteiger partial charge in [0.2, 0.25) is 0 Å². The van der Waals surface area contributed by atoms with Gasteiger partial charge in [-0.25, -0.2) is 4.98 Å². The lowest BCUT2D eigenvalue weighted by Gasteiger charge is -1.78. The largest absolute Gasteiger partial charge is 0.383 e. The van der Waals surface area contributed by atoms with Crippen molar-refractivity contribution in [2.24, 2.45) is 0 Å². The highest BCUT2D eigenvalue weighted by atomic mass is 35.5. The first kappa shape index (κ1) is 5.85. The Bertz CT molecular complexity index is 176. The molecule has 2 N–H and O–H groups in total. The molecule has 0 aliphatic rings. The van der Waals surface area contributed by atoms with Gasteiger partial charge in [0.1, 0.15) is 5.82 Å². The SMILES string of the molecule is Cc1sc(Cl)nc1N. The first-order valence-corrected chi connectivity index (χ1v) is 3.28. The average Bonchev–Trinajstić information content (AvgIpc) is 1.85. The van der Waals surface area contributed by atoms with Crippen LogP contribution in [0.1, 0.15) is 4.88 Å². The van der Waals surface area contributed by atoms with E-state index in [0.29, 0.717) is 10.3 Å². The van der Waals surface area contributed by atoms with Crippen LogP contribution >= 0.6 is 22.9 Å². The van der Waals surface area contributed by atoms with Crippen molar-refractivity contribution in [2.45, 2.75) is 6.92 Å². The molecule has 0 bridgehead atoms. The van der Waals surface area contributed by atoms with Gasteiger partial charge in [-0.2, -0.15) is 0 Å². The van der Waals surface area contributed by atoms with Gasteiger partial charge in [-0.15, -0.1) is 11.3 Å². The van der Waals surface area contributed by atoms with Crippen LogP contribution in [0.15, 0.2) is 0 Å². The van der Waals surface area contributed by atoms with Crippen LogP contribution in [-0.4, -0.2) is 4.98 Å². The third kappa shape index (κ3) is 0.928. The van der Waals surface area contributed by atoms with Gasteiger partial charge in [-0.3, -0.25) is 0 Å². The standard InChI is InChI=1S/C4H5ClN2S/c1-2-3(6)7-4(5)8-2/h6H2,1H3. The Morgan fingerprint density at radius 2 is 2.38 bits per heavy atom. The summed E-state index contributed by atoms with van der Waals surface area (Å²) in [5, 5.41) is 0. The number of hydrogen-bond acceptors (Lipinski definition) is 3. The van der Waals surface area contributed by atoms with Gasteiger partial charge in [0.15, 0.2) is 4.47 Å². The second kappa shape index (κ2) is 1.91. The smallest absolute Gasteiger partial charge is 0.185 e. The summed E-state index contributed by atoms with van der Waals surface area (Å²) in [4.78, 5) is 4.75. The second-order valence-electron chi connectivity index (χ2n) is 1.41. The zero-order chi connectivity index (χ0) is 6.15. The molecule has 1 aromatic heterocycles. The maximum absolute atomic E-state index is 5.49. The number of aromatic nitrogens is 1. The van der Waals surface area contributed by atoms with Crippen molar-refractivity contribution < 1.29 is 0 Å². The predicted molar refractivity (Wildman–Crippen MR) is 36.3 cm³/mol. The molecular formula is C4H5ClN2S. The minimum Gasteiger partial charge on any atom is -0.383 e. The molecule has 1 rings (SSSR count). The van der Waals surface area contributed by atoms with E-state index >= 15 is 0 Å². The van der Waals surface area contributed by atoms with Crippen LogP contribution in [0.25, 0.3) is 0 Å². The van der Waals surface area contributed by atoms with Gasteiger partial charge < -0.3 is 5.73 Å². The van der Waals surface area contributed by atoms with Crippen LogP contribution in [0.2, 0.25) is 4.47 Å². The van der Waals surface area contributed by atoms with E-state index in [2.05, 4.69) is 4.98 Å². The highest BCUT2D eigenvalue weighted by Gasteiger charge is 1.98. The number of nitrogens with zero attached hydrogens (tertiary/aromatic N) is 1. The third-order valence-corrected chi connectivity index (χ3v) is 1.90. The molecule has 0 spiro atoms. The van der Waals surface area contributed by atoms with Crippen LogP contribution < -0.4 is 5.73 Å². The molecule has 0 saturated heterocycles. The van der Waals surface area contributed by atoms with Gasteiger partial charge in [-0.05, 0) is 6.92 Å². The summed E-state index contributed by atoms with van der Waals surface area (Å²) >= 11 is 6.89. The van der Waals surface area contributed by atoms with E-state index in [9.17, 15) is 0 Å². The molecule has 44 valence electrons. The molecule has 0 aromatic carbocycles. The predicted octanol–water partition coefficient (Wildman–Crippen LogP) is 1.69. The Kier molecular flexibility index (Phi) is 1.40. The highest BCUT2D eigenvalue weighted by Crippen LogP contribution is 2.22. The van der Waals surface area contributed by atoms with Gasteiger partial charge in [0.25, 0.3) is 0 Å². The Hall–Kier alpha value is -0.280. The van der Waals surface area contributed by atoms with Crippen molar-refractivity contribution in [3.05, 3.63) is 9.34 Å². The maximum Gasteiger partial charge on any atom is 0.185 e. The molecule has 8 heavy (non-hydrogen) atoms. The van der Waals surface area contributed by atoms with Gasteiger partial charge in [-0.1, -0.05) is 11.6 Å². The monoisotopic (exact) mass is 148 g/mol. The van der Waals surface area contributed by atoms with Crippen LogP contribution in [-0.2, 0) is 0 Å². The molecule has 1 heterocycles. The number of aryl methyl sites for hydroxylation is 1. The normalized spacial score (nSPS) is 9.75. The third-order valence-electron chi connectivity index (χ3n) is 0.806. The van der Waals surface area contributed by atoms with Gasteiger partial charge >= 0.3 is 0 Å². The zero-order valence-electron chi connectivity index (χ0n) is 4.31. The summed E-state index contributed by atoms with van der Waals surface area (Å²) in [5.74, 6) is 0.542. The summed E-state index contributed by atoms with van der Waals surface area (Å²) in [6.45, 7) is 1.89. The van der Waals surface area contributed by atoms with Crippen LogP contribution in [0, 0.1) is 6.92 Å². The Morgan fingerprint density at radius 1 is 1.75 bits per heavy atom. The van der Waals surface area contributed by atoms with Crippen molar-refractivity contribution in [1.82, 2.24) is 4.98 Å². The molecular weight excluding hydrogens is 144 g/mol. The molecule has 0 radical (unpaired) electrons. The quantitative estimate of drug-likeness (QED) is 0.608. The molecule has 0 fully saturated rings. The highest BCUT2D eigenvalue weighted by molar-refractivity contribution is 7.16. The van der Waals surface area contributed by atoms with Crippen LogP contribution in [0.4, 0.5) is 5.82 Å². The van der Waals surface area contributed by atoms with Crippen LogP contribution in [0.5, 0.6) is 0 Å². The average molecular weight is 149 g/mol. The van der Waals surface area contributed by atoms with E-state index < -0.39 is 0 Å². The Morgan fingerprint density at radius 3 is 2.50 bits per heavy atom. The van der Waals surface area contributed by atoms with Gasteiger partial charge in [0, 0.05) is 4.88 Å². The Labute approximate surface area is 56.3 Å². The van der Waals surface area contributed by atoms with E-state index in [4.69, 9.17) is 17.3 Å². The molecule has 2 nitrogen and oxygen atoms in total. The van der Waals surface area contributed by atoms with E-state index in [1.807, 2.05) is 6.92 Å². The molecule has 0 atom stereocenters. The van der Waals surface area contributed by atoms with Crippen LogP contribution in [0.3, 0.4) is 0 Å². The first-order valence-electron chi connectivity index (χ1n) is 2.08. The Balaban J connectivity index is 3.14. The van der Waals surface area contributed by atoms with E-state index in [0.717, 1.165) is 4.88 Å². The topological polar surface area (TPSA) is 38.9 Å². The maximum atomic E-state index is 5.49. The van der Waals surface area contributed by atoms with Gasteiger partial charge in [0.05, 0.1) is 0 Å².